The van der Waals surface area contributed by atoms with Crippen molar-refractivity contribution in [2.24, 2.45) is 11.1 Å². The van der Waals surface area contributed by atoms with Gasteiger partial charge in [0.25, 0.3) is 0 Å². The molecule has 1 saturated heterocycles. The topological polar surface area (TPSA) is 55.1 Å². The van der Waals surface area contributed by atoms with Crippen molar-refractivity contribution in [3.05, 3.63) is 41.0 Å². The largest absolute Gasteiger partial charge is 0.366 e. The molecule has 0 aromatic heterocycles. The molecular formula is C14H16N2O. The van der Waals surface area contributed by atoms with Crippen LogP contribution in [0.3, 0.4) is 0 Å². The van der Waals surface area contributed by atoms with Gasteiger partial charge in [0.05, 0.1) is 0 Å². The SMILES string of the molecule is NC(=O)c1ccc2c(c1)C=CC1(CCNC1)C2. The van der Waals surface area contributed by atoms with Crippen molar-refractivity contribution in [2.45, 2.75) is 12.8 Å². The Morgan fingerprint density at radius 2 is 2.29 bits per heavy atom. The fourth-order valence-electron chi connectivity index (χ4n) is 2.83. The molecular weight excluding hydrogens is 212 g/mol. The monoisotopic (exact) mass is 228 g/mol. The zero-order chi connectivity index (χ0) is 11.9. The van der Waals surface area contributed by atoms with Crippen LogP contribution in [0, 0.1) is 5.41 Å². The van der Waals surface area contributed by atoms with E-state index in [1.807, 2.05) is 18.2 Å². The number of nitrogens with one attached hydrogen (secondary N) is 1. The number of benzene rings is 1. The van der Waals surface area contributed by atoms with E-state index in [2.05, 4.69) is 17.5 Å². The van der Waals surface area contributed by atoms with E-state index >= 15 is 0 Å². The Labute approximate surface area is 101 Å². The number of fused-ring (bicyclic) bond motifs is 1. The lowest BCUT2D eigenvalue weighted by Crippen LogP contribution is -2.26. The minimum absolute atomic E-state index is 0.293. The minimum atomic E-state index is -0.357. The van der Waals surface area contributed by atoms with Gasteiger partial charge in [-0.15, -0.1) is 0 Å². The van der Waals surface area contributed by atoms with E-state index < -0.39 is 0 Å². The predicted molar refractivity (Wildman–Crippen MR) is 67.6 cm³/mol. The van der Waals surface area contributed by atoms with E-state index in [1.54, 1.807) is 0 Å². The van der Waals surface area contributed by atoms with E-state index in [-0.39, 0.29) is 5.91 Å². The summed E-state index contributed by atoms with van der Waals surface area (Å²) in [5.41, 5.74) is 8.63. The molecule has 0 saturated carbocycles. The summed E-state index contributed by atoms with van der Waals surface area (Å²) in [6.45, 7) is 2.15. The molecule has 1 aromatic carbocycles. The van der Waals surface area contributed by atoms with Gasteiger partial charge in [-0.25, -0.2) is 0 Å². The number of carbonyl (C=O) groups is 1. The van der Waals surface area contributed by atoms with Gasteiger partial charge in [0.2, 0.25) is 5.91 Å². The third-order valence-corrected chi connectivity index (χ3v) is 3.87. The van der Waals surface area contributed by atoms with Crippen LogP contribution in [0.15, 0.2) is 24.3 Å². The Bertz CT molecular complexity index is 499. The van der Waals surface area contributed by atoms with Crippen molar-refractivity contribution >= 4 is 12.0 Å². The van der Waals surface area contributed by atoms with Gasteiger partial charge in [-0.1, -0.05) is 18.2 Å². The molecule has 3 heteroatoms. The lowest BCUT2D eigenvalue weighted by atomic mass is 9.75. The third kappa shape index (κ3) is 1.76. The fraction of sp³-hybridized carbons (Fsp3) is 0.357. The Morgan fingerprint density at radius 3 is 3.00 bits per heavy atom. The van der Waals surface area contributed by atoms with Gasteiger partial charge in [0.1, 0.15) is 0 Å². The van der Waals surface area contributed by atoms with Crippen LogP contribution in [0.2, 0.25) is 0 Å². The molecule has 2 aliphatic rings. The maximum Gasteiger partial charge on any atom is 0.248 e. The molecule has 1 amide bonds. The molecule has 88 valence electrons. The standard InChI is InChI=1S/C14H16N2O/c15-13(17)11-1-2-12-8-14(5-6-16-9-14)4-3-10(12)7-11/h1-4,7,16H,5-6,8-9H2,(H2,15,17). The lowest BCUT2D eigenvalue weighted by Gasteiger charge is -2.29. The van der Waals surface area contributed by atoms with Gasteiger partial charge >= 0.3 is 0 Å². The Morgan fingerprint density at radius 1 is 1.41 bits per heavy atom. The molecule has 0 radical (unpaired) electrons. The first-order valence-corrected chi connectivity index (χ1v) is 6.01. The van der Waals surface area contributed by atoms with Crippen molar-refractivity contribution in [1.29, 1.82) is 0 Å². The van der Waals surface area contributed by atoms with Crippen molar-refractivity contribution in [3.63, 3.8) is 0 Å². The van der Waals surface area contributed by atoms with Gasteiger partial charge in [0, 0.05) is 17.5 Å². The highest BCUT2D eigenvalue weighted by Gasteiger charge is 2.33. The van der Waals surface area contributed by atoms with Crippen molar-refractivity contribution in [1.82, 2.24) is 5.32 Å². The molecule has 1 aliphatic carbocycles. The summed E-state index contributed by atoms with van der Waals surface area (Å²) in [6, 6.07) is 5.76. The third-order valence-electron chi connectivity index (χ3n) is 3.87. The Balaban J connectivity index is 1.97. The second-order valence-corrected chi connectivity index (χ2v) is 5.08. The molecule has 0 bridgehead atoms. The number of primary amides is 1. The summed E-state index contributed by atoms with van der Waals surface area (Å²) in [5, 5.41) is 3.42. The van der Waals surface area contributed by atoms with Crippen LogP contribution >= 0.6 is 0 Å². The molecule has 17 heavy (non-hydrogen) atoms. The van der Waals surface area contributed by atoms with Crippen LogP contribution in [0.5, 0.6) is 0 Å². The summed E-state index contributed by atoms with van der Waals surface area (Å²) in [7, 11) is 0. The molecule has 1 atom stereocenters. The first-order chi connectivity index (χ1) is 8.19. The number of rotatable bonds is 1. The maximum absolute atomic E-state index is 11.1. The fourth-order valence-corrected chi connectivity index (χ4v) is 2.83. The van der Waals surface area contributed by atoms with Crippen LogP contribution in [0.4, 0.5) is 0 Å². The summed E-state index contributed by atoms with van der Waals surface area (Å²) < 4.78 is 0. The van der Waals surface area contributed by atoms with Crippen LogP contribution in [0.25, 0.3) is 6.08 Å². The zero-order valence-electron chi connectivity index (χ0n) is 9.70. The summed E-state index contributed by atoms with van der Waals surface area (Å²) in [6.07, 6.45) is 6.68. The van der Waals surface area contributed by atoms with Crippen LogP contribution in [-0.2, 0) is 6.42 Å². The second kappa shape index (κ2) is 3.70. The van der Waals surface area contributed by atoms with Crippen LogP contribution in [-0.4, -0.2) is 19.0 Å². The summed E-state index contributed by atoms with van der Waals surface area (Å²) in [4.78, 5) is 11.1. The zero-order valence-corrected chi connectivity index (χ0v) is 9.70. The molecule has 1 aliphatic heterocycles. The molecule has 1 aromatic rings. The highest BCUT2D eigenvalue weighted by atomic mass is 16.1. The van der Waals surface area contributed by atoms with Gasteiger partial charge in [0.15, 0.2) is 0 Å². The highest BCUT2D eigenvalue weighted by molar-refractivity contribution is 5.93. The second-order valence-electron chi connectivity index (χ2n) is 5.08. The number of nitrogens with two attached hydrogens (primary N) is 1. The summed E-state index contributed by atoms with van der Waals surface area (Å²) >= 11 is 0. The Hall–Kier alpha value is -1.61. The van der Waals surface area contributed by atoms with Crippen molar-refractivity contribution in [2.75, 3.05) is 13.1 Å². The molecule has 3 rings (SSSR count). The van der Waals surface area contributed by atoms with Crippen LogP contribution < -0.4 is 11.1 Å². The van der Waals surface area contributed by atoms with Crippen molar-refractivity contribution in [3.8, 4) is 0 Å². The molecule has 1 spiro atoms. The number of hydrogen-bond acceptors (Lipinski definition) is 2. The van der Waals surface area contributed by atoms with E-state index in [4.69, 9.17) is 5.73 Å². The molecule has 1 unspecified atom stereocenters. The highest BCUT2D eigenvalue weighted by Crippen LogP contribution is 2.37. The number of carbonyl (C=O) groups excluding carboxylic acids is 1. The van der Waals surface area contributed by atoms with E-state index in [0.29, 0.717) is 11.0 Å². The first-order valence-electron chi connectivity index (χ1n) is 6.01. The first kappa shape index (κ1) is 10.5. The van der Waals surface area contributed by atoms with Crippen molar-refractivity contribution < 1.29 is 4.79 Å². The van der Waals surface area contributed by atoms with Gasteiger partial charge in [-0.2, -0.15) is 0 Å². The summed E-state index contributed by atoms with van der Waals surface area (Å²) in [5.74, 6) is -0.357. The molecule has 1 heterocycles. The van der Waals surface area contributed by atoms with Gasteiger partial charge in [-0.3, -0.25) is 4.79 Å². The average Bonchev–Trinajstić information content (AvgIpc) is 2.76. The molecule has 3 N–H and O–H groups in total. The molecule has 1 fully saturated rings. The van der Waals surface area contributed by atoms with E-state index in [9.17, 15) is 4.79 Å². The van der Waals surface area contributed by atoms with Gasteiger partial charge < -0.3 is 11.1 Å². The molecule has 3 nitrogen and oxygen atoms in total. The van der Waals surface area contributed by atoms with Gasteiger partial charge in [-0.05, 0) is 42.6 Å². The smallest absolute Gasteiger partial charge is 0.248 e. The maximum atomic E-state index is 11.1. The normalized spacial score (nSPS) is 26.1. The Kier molecular flexibility index (Phi) is 2.30. The average molecular weight is 228 g/mol. The number of amides is 1. The lowest BCUT2D eigenvalue weighted by molar-refractivity contribution is 0.100. The minimum Gasteiger partial charge on any atom is -0.366 e. The predicted octanol–water partition coefficient (Wildman–Crippen LogP) is 1.33. The van der Waals surface area contributed by atoms with Crippen LogP contribution in [0.1, 0.15) is 27.9 Å². The number of hydrogen-bond donors (Lipinski definition) is 2. The quantitative estimate of drug-likeness (QED) is 0.762. The van der Waals surface area contributed by atoms with E-state index in [1.165, 1.54) is 12.0 Å². The van der Waals surface area contributed by atoms with E-state index in [0.717, 1.165) is 25.1 Å².